The number of hydrogen-bond donors (Lipinski definition) is 1. The zero-order valence-electron chi connectivity index (χ0n) is 11.4. The summed E-state index contributed by atoms with van der Waals surface area (Å²) >= 11 is 0. The van der Waals surface area contributed by atoms with Crippen LogP contribution in [0.15, 0.2) is 0 Å². The van der Waals surface area contributed by atoms with Crippen molar-refractivity contribution in [2.45, 2.75) is 51.1 Å². The molecular weight excluding hydrogens is 248 g/mol. The average molecular weight is 274 g/mol. The molecule has 1 saturated heterocycles. The van der Waals surface area contributed by atoms with E-state index >= 15 is 0 Å². The molecule has 1 atom stereocenters. The van der Waals surface area contributed by atoms with Crippen molar-refractivity contribution in [2.24, 2.45) is 0 Å². The van der Waals surface area contributed by atoms with Crippen LogP contribution >= 0.6 is 0 Å². The van der Waals surface area contributed by atoms with Crippen molar-refractivity contribution in [1.82, 2.24) is 10.2 Å². The molecule has 1 aliphatic heterocycles. The number of sulfone groups is 1. The molecule has 18 heavy (non-hydrogen) atoms. The second kappa shape index (κ2) is 6.35. The predicted molar refractivity (Wildman–Crippen MR) is 74.6 cm³/mol. The monoisotopic (exact) mass is 274 g/mol. The highest BCUT2D eigenvalue weighted by Gasteiger charge is 2.30. The minimum absolute atomic E-state index is 0.173. The van der Waals surface area contributed by atoms with E-state index in [1.54, 1.807) is 0 Å². The maximum Gasteiger partial charge on any atom is 0.153 e. The highest BCUT2D eigenvalue weighted by Crippen LogP contribution is 2.27. The van der Waals surface area contributed by atoms with Gasteiger partial charge in [0.05, 0.1) is 11.5 Å². The standard InChI is InChI=1S/C13H26N2O2S/c1-2-3-8-15(13-4-5-13)9-6-12-11-18(16,17)10-7-14-12/h12-14H,2-11H2,1H3. The van der Waals surface area contributed by atoms with Crippen molar-refractivity contribution in [3.8, 4) is 0 Å². The van der Waals surface area contributed by atoms with Crippen LogP contribution in [0.1, 0.15) is 39.0 Å². The van der Waals surface area contributed by atoms with Crippen molar-refractivity contribution in [1.29, 1.82) is 0 Å². The summed E-state index contributed by atoms with van der Waals surface area (Å²) in [6, 6.07) is 0.961. The molecule has 0 aromatic carbocycles. The van der Waals surface area contributed by atoms with Crippen molar-refractivity contribution in [3.63, 3.8) is 0 Å². The Morgan fingerprint density at radius 2 is 2.06 bits per heavy atom. The van der Waals surface area contributed by atoms with E-state index in [0.717, 1.165) is 19.0 Å². The van der Waals surface area contributed by atoms with Crippen LogP contribution in [-0.2, 0) is 9.84 Å². The molecule has 1 aliphatic carbocycles. The first-order chi connectivity index (χ1) is 8.61. The molecule has 1 unspecified atom stereocenters. The van der Waals surface area contributed by atoms with Gasteiger partial charge < -0.3 is 10.2 Å². The normalized spacial score (nSPS) is 27.6. The van der Waals surface area contributed by atoms with Gasteiger partial charge in [-0.3, -0.25) is 0 Å². The molecule has 0 bridgehead atoms. The van der Waals surface area contributed by atoms with Crippen LogP contribution in [-0.4, -0.2) is 56.5 Å². The fraction of sp³-hybridized carbons (Fsp3) is 1.00. The maximum atomic E-state index is 11.6. The average Bonchev–Trinajstić information content (AvgIpc) is 3.12. The molecule has 0 aromatic rings. The Labute approximate surface area is 111 Å². The first-order valence-electron chi connectivity index (χ1n) is 7.28. The van der Waals surface area contributed by atoms with Crippen LogP contribution in [0.25, 0.3) is 0 Å². The third-order valence-corrected chi connectivity index (χ3v) is 5.66. The third-order valence-electron chi connectivity index (χ3n) is 3.93. The van der Waals surface area contributed by atoms with E-state index in [1.807, 2.05) is 0 Å². The minimum atomic E-state index is -2.78. The molecule has 1 heterocycles. The largest absolute Gasteiger partial charge is 0.312 e. The molecule has 2 rings (SSSR count). The van der Waals surface area contributed by atoms with Gasteiger partial charge in [-0.15, -0.1) is 0 Å². The van der Waals surface area contributed by atoms with Crippen molar-refractivity contribution in [3.05, 3.63) is 0 Å². The quantitative estimate of drug-likeness (QED) is 0.753. The van der Waals surface area contributed by atoms with Crippen LogP contribution in [0.3, 0.4) is 0 Å². The summed E-state index contributed by atoms with van der Waals surface area (Å²) in [7, 11) is -2.78. The van der Waals surface area contributed by atoms with E-state index < -0.39 is 9.84 Å². The number of unbranched alkanes of at least 4 members (excludes halogenated alkanes) is 1. The highest BCUT2D eigenvalue weighted by molar-refractivity contribution is 7.91. The van der Waals surface area contributed by atoms with E-state index in [-0.39, 0.29) is 6.04 Å². The van der Waals surface area contributed by atoms with Crippen LogP contribution in [0.4, 0.5) is 0 Å². The van der Waals surface area contributed by atoms with E-state index in [0.29, 0.717) is 18.1 Å². The van der Waals surface area contributed by atoms with E-state index in [2.05, 4.69) is 17.1 Å². The minimum Gasteiger partial charge on any atom is -0.312 e. The Kier molecular flexibility index (Phi) is 5.04. The molecule has 0 radical (unpaired) electrons. The van der Waals surface area contributed by atoms with Gasteiger partial charge in [0.15, 0.2) is 9.84 Å². The van der Waals surface area contributed by atoms with Crippen LogP contribution in [0.2, 0.25) is 0 Å². The molecule has 2 fully saturated rings. The summed E-state index contributed by atoms with van der Waals surface area (Å²) in [5.41, 5.74) is 0. The molecule has 4 nitrogen and oxygen atoms in total. The van der Waals surface area contributed by atoms with Gasteiger partial charge in [-0.1, -0.05) is 13.3 Å². The maximum absolute atomic E-state index is 11.6. The fourth-order valence-electron chi connectivity index (χ4n) is 2.65. The fourth-order valence-corrected chi connectivity index (χ4v) is 4.15. The van der Waals surface area contributed by atoms with Crippen molar-refractivity contribution >= 4 is 9.84 Å². The first kappa shape index (κ1) is 14.3. The summed E-state index contributed by atoms with van der Waals surface area (Å²) in [4.78, 5) is 2.56. The lowest BCUT2D eigenvalue weighted by Gasteiger charge is -2.27. The van der Waals surface area contributed by atoms with Gasteiger partial charge >= 0.3 is 0 Å². The van der Waals surface area contributed by atoms with Gasteiger partial charge in [0.1, 0.15) is 0 Å². The van der Waals surface area contributed by atoms with Crippen molar-refractivity contribution in [2.75, 3.05) is 31.1 Å². The molecule has 5 heteroatoms. The molecule has 1 saturated carbocycles. The van der Waals surface area contributed by atoms with Crippen LogP contribution < -0.4 is 5.32 Å². The first-order valence-corrected chi connectivity index (χ1v) is 9.11. The van der Waals surface area contributed by atoms with Crippen LogP contribution in [0.5, 0.6) is 0 Å². The van der Waals surface area contributed by atoms with E-state index in [4.69, 9.17) is 0 Å². The van der Waals surface area contributed by atoms with Gasteiger partial charge in [0.2, 0.25) is 0 Å². The Morgan fingerprint density at radius 1 is 1.28 bits per heavy atom. The number of nitrogens with zero attached hydrogens (tertiary/aromatic N) is 1. The SMILES string of the molecule is CCCCN(CCC1CS(=O)(=O)CCN1)C1CC1. The molecule has 0 amide bonds. The zero-order chi connectivity index (χ0) is 13.0. The van der Waals surface area contributed by atoms with Crippen LogP contribution in [0, 0.1) is 0 Å². The second-order valence-electron chi connectivity index (χ2n) is 5.67. The summed E-state index contributed by atoms with van der Waals surface area (Å²) in [6.07, 6.45) is 6.13. The second-order valence-corrected chi connectivity index (χ2v) is 7.90. The summed E-state index contributed by atoms with van der Waals surface area (Å²) < 4.78 is 23.1. The van der Waals surface area contributed by atoms with E-state index in [1.165, 1.54) is 32.2 Å². The topological polar surface area (TPSA) is 49.4 Å². The molecule has 106 valence electrons. The van der Waals surface area contributed by atoms with Crippen molar-refractivity contribution < 1.29 is 8.42 Å². The Hall–Kier alpha value is -0.130. The Bertz CT molecular complexity index is 352. The lowest BCUT2D eigenvalue weighted by molar-refractivity contribution is 0.245. The van der Waals surface area contributed by atoms with E-state index in [9.17, 15) is 8.42 Å². The third kappa shape index (κ3) is 4.52. The molecule has 0 aromatic heterocycles. The van der Waals surface area contributed by atoms with Gasteiger partial charge in [0.25, 0.3) is 0 Å². The van der Waals surface area contributed by atoms with Gasteiger partial charge in [0, 0.05) is 18.6 Å². The predicted octanol–water partition coefficient (Wildman–Crippen LogP) is 1.03. The smallest absolute Gasteiger partial charge is 0.153 e. The molecule has 1 N–H and O–H groups in total. The molecule has 2 aliphatic rings. The lowest BCUT2D eigenvalue weighted by Crippen LogP contribution is -2.46. The van der Waals surface area contributed by atoms with Gasteiger partial charge in [-0.05, 0) is 38.8 Å². The van der Waals surface area contributed by atoms with Gasteiger partial charge in [-0.25, -0.2) is 8.42 Å². The summed E-state index contributed by atoms with van der Waals surface area (Å²) in [5.74, 6) is 0.644. The zero-order valence-corrected chi connectivity index (χ0v) is 12.2. The summed E-state index contributed by atoms with van der Waals surface area (Å²) in [5, 5.41) is 3.34. The molecular formula is C13H26N2O2S. The Balaban J connectivity index is 1.74. The lowest BCUT2D eigenvalue weighted by atomic mass is 10.2. The number of rotatable bonds is 7. The number of hydrogen-bond acceptors (Lipinski definition) is 4. The molecule has 0 spiro atoms. The number of nitrogens with one attached hydrogen (secondary N) is 1. The Morgan fingerprint density at radius 3 is 2.67 bits per heavy atom. The summed E-state index contributed by atoms with van der Waals surface area (Å²) in [6.45, 7) is 5.09. The van der Waals surface area contributed by atoms with Gasteiger partial charge in [-0.2, -0.15) is 0 Å². The highest BCUT2D eigenvalue weighted by atomic mass is 32.2.